The molecule has 0 bridgehead atoms. The molecule has 0 radical (unpaired) electrons. The highest BCUT2D eigenvalue weighted by Crippen LogP contribution is 2.02. The van der Waals surface area contributed by atoms with Crippen LogP contribution in [0.25, 0.3) is 0 Å². The van der Waals surface area contributed by atoms with E-state index in [-0.39, 0.29) is 11.9 Å². The minimum atomic E-state index is -0.0746. The van der Waals surface area contributed by atoms with Gasteiger partial charge in [0.05, 0.1) is 0 Å². The first kappa shape index (κ1) is 12.6. The molecule has 0 fully saturated rings. The molecule has 16 heavy (non-hydrogen) atoms. The van der Waals surface area contributed by atoms with Crippen molar-refractivity contribution in [1.82, 2.24) is 10.3 Å². The van der Waals surface area contributed by atoms with Gasteiger partial charge in [0.25, 0.3) is 5.91 Å². The Kier molecular flexibility index (Phi) is 4.92. The lowest BCUT2D eigenvalue weighted by Gasteiger charge is -2.15. The number of hydrogen-bond acceptors (Lipinski definition) is 3. The van der Waals surface area contributed by atoms with Crippen LogP contribution in [0.15, 0.2) is 18.3 Å². The van der Waals surface area contributed by atoms with E-state index in [4.69, 9.17) is 5.73 Å². The number of aromatic nitrogens is 1. The van der Waals surface area contributed by atoms with Crippen molar-refractivity contribution < 1.29 is 4.79 Å². The zero-order chi connectivity index (χ0) is 12.0. The third-order valence-electron chi connectivity index (χ3n) is 2.42. The molecule has 0 aliphatic rings. The summed E-state index contributed by atoms with van der Waals surface area (Å²) in [5, 5.41) is 2.92. The molecule has 1 unspecified atom stereocenters. The predicted molar refractivity (Wildman–Crippen MR) is 64.2 cm³/mol. The van der Waals surface area contributed by atoms with Crippen molar-refractivity contribution in [2.45, 2.75) is 32.7 Å². The smallest absolute Gasteiger partial charge is 0.251 e. The molecule has 0 aliphatic heterocycles. The summed E-state index contributed by atoms with van der Waals surface area (Å²) in [5.41, 5.74) is 7.07. The van der Waals surface area contributed by atoms with Crippen LogP contribution in [-0.4, -0.2) is 23.5 Å². The summed E-state index contributed by atoms with van der Waals surface area (Å²) >= 11 is 0. The summed E-state index contributed by atoms with van der Waals surface area (Å²) < 4.78 is 0. The van der Waals surface area contributed by atoms with Crippen molar-refractivity contribution in [1.29, 1.82) is 0 Å². The summed E-state index contributed by atoms with van der Waals surface area (Å²) in [6.45, 7) is 4.41. The fourth-order valence-electron chi connectivity index (χ4n) is 1.55. The lowest BCUT2D eigenvalue weighted by Crippen LogP contribution is -2.40. The standard InChI is InChI=1S/C12H19N3O/c1-3-4-11(8-13)15-12(16)10-5-6-14-9(2)7-10/h5-7,11H,3-4,8,13H2,1-2H3,(H,15,16). The quantitative estimate of drug-likeness (QED) is 0.786. The lowest BCUT2D eigenvalue weighted by molar-refractivity contribution is 0.0936. The number of pyridine rings is 1. The van der Waals surface area contributed by atoms with Crippen LogP contribution < -0.4 is 11.1 Å². The number of amides is 1. The molecule has 4 heteroatoms. The Balaban J connectivity index is 2.64. The lowest BCUT2D eigenvalue weighted by atomic mass is 10.1. The molecule has 1 heterocycles. The molecular formula is C12H19N3O. The van der Waals surface area contributed by atoms with Gasteiger partial charge in [-0.25, -0.2) is 0 Å². The van der Waals surface area contributed by atoms with E-state index in [0.29, 0.717) is 12.1 Å². The number of hydrogen-bond donors (Lipinski definition) is 2. The van der Waals surface area contributed by atoms with Crippen molar-refractivity contribution >= 4 is 5.91 Å². The molecule has 0 aromatic carbocycles. The van der Waals surface area contributed by atoms with Crippen molar-refractivity contribution in [2.75, 3.05) is 6.54 Å². The highest BCUT2D eigenvalue weighted by Gasteiger charge is 2.11. The molecular weight excluding hydrogens is 202 g/mol. The van der Waals surface area contributed by atoms with Gasteiger partial charge in [0.15, 0.2) is 0 Å². The van der Waals surface area contributed by atoms with E-state index in [2.05, 4.69) is 17.2 Å². The van der Waals surface area contributed by atoms with Gasteiger partial charge in [-0.05, 0) is 25.5 Å². The molecule has 1 rings (SSSR count). The van der Waals surface area contributed by atoms with Crippen molar-refractivity contribution in [3.63, 3.8) is 0 Å². The molecule has 1 atom stereocenters. The van der Waals surface area contributed by atoms with Crippen LogP contribution in [0.4, 0.5) is 0 Å². The van der Waals surface area contributed by atoms with Crippen molar-refractivity contribution in [2.24, 2.45) is 5.73 Å². The normalized spacial score (nSPS) is 12.2. The number of nitrogens with two attached hydrogens (primary N) is 1. The molecule has 0 spiro atoms. The van der Waals surface area contributed by atoms with E-state index < -0.39 is 0 Å². The average molecular weight is 221 g/mol. The molecule has 88 valence electrons. The number of nitrogens with one attached hydrogen (secondary N) is 1. The van der Waals surface area contributed by atoms with Crippen LogP contribution in [0.2, 0.25) is 0 Å². The van der Waals surface area contributed by atoms with E-state index in [1.54, 1.807) is 18.3 Å². The van der Waals surface area contributed by atoms with Gasteiger partial charge in [-0.1, -0.05) is 13.3 Å². The Bertz CT molecular complexity index is 352. The Morgan fingerprint density at radius 2 is 2.38 bits per heavy atom. The van der Waals surface area contributed by atoms with Gasteiger partial charge in [-0.3, -0.25) is 9.78 Å². The number of carbonyl (C=O) groups excluding carboxylic acids is 1. The van der Waals surface area contributed by atoms with Crippen LogP contribution in [-0.2, 0) is 0 Å². The zero-order valence-electron chi connectivity index (χ0n) is 9.86. The Morgan fingerprint density at radius 3 is 2.94 bits per heavy atom. The fraction of sp³-hybridized carbons (Fsp3) is 0.500. The van der Waals surface area contributed by atoms with E-state index in [9.17, 15) is 4.79 Å². The van der Waals surface area contributed by atoms with Crippen LogP contribution in [0, 0.1) is 6.92 Å². The minimum absolute atomic E-state index is 0.0611. The Hall–Kier alpha value is -1.42. The van der Waals surface area contributed by atoms with Crippen molar-refractivity contribution in [3.8, 4) is 0 Å². The molecule has 1 aromatic heterocycles. The third kappa shape index (κ3) is 3.62. The second kappa shape index (κ2) is 6.23. The highest BCUT2D eigenvalue weighted by molar-refractivity contribution is 5.94. The van der Waals surface area contributed by atoms with Crippen LogP contribution >= 0.6 is 0 Å². The second-order valence-electron chi connectivity index (χ2n) is 3.88. The van der Waals surface area contributed by atoms with Gasteiger partial charge in [0.2, 0.25) is 0 Å². The van der Waals surface area contributed by atoms with Crippen LogP contribution in [0.1, 0.15) is 35.8 Å². The van der Waals surface area contributed by atoms with E-state index in [1.807, 2.05) is 6.92 Å². The van der Waals surface area contributed by atoms with Gasteiger partial charge in [-0.15, -0.1) is 0 Å². The number of nitrogens with zero attached hydrogens (tertiary/aromatic N) is 1. The van der Waals surface area contributed by atoms with Crippen LogP contribution in [0.5, 0.6) is 0 Å². The fourth-order valence-corrected chi connectivity index (χ4v) is 1.55. The zero-order valence-corrected chi connectivity index (χ0v) is 9.86. The van der Waals surface area contributed by atoms with Gasteiger partial charge < -0.3 is 11.1 Å². The van der Waals surface area contributed by atoms with Crippen LogP contribution in [0.3, 0.4) is 0 Å². The average Bonchev–Trinajstić information content (AvgIpc) is 2.28. The predicted octanol–water partition coefficient (Wildman–Crippen LogP) is 1.25. The maximum Gasteiger partial charge on any atom is 0.251 e. The third-order valence-corrected chi connectivity index (χ3v) is 2.42. The number of rotatable bonds is 5. The van der Waals surface area contributed by atoms with E-state index in [1.165, 1.54) is 0 Å². The molecule has 0 saturated heterocycles. The molecule has 1 amide bonds. The molecule has 3 N–H and O–H groups in total. The SMILES string of the molecule is CCCC(CN)NC(=O)c1ccnc(C)c1. The maximum absolute atomic E-state index is 11.8. The van der Waals surface area contributed by atoms with Gasteiger partial charge in [0, 0.05) is 30.0 Å². The highest BCUT2D eigenvalue weighted by atomic mass is 16.1. The summed E-state index contributed by atoms with van der Waals surface area (Å²) in [6.07, 6.45) is 3.56. The van der Waals surface area contributed by atoms with Gasteiger partial charge in [0.1, 0.15) is 0 Å². The maximum atomic E-state index is 11.8. The topological polar surface area (TPSA) is 68.0 Å². The summed E-state index contributed by atoms with van der Waals surface area (Å²) in [7, 11) is 0. The van der Waals surface area contributed by atoms with Crippen molar-refractivity contribution in [3.05, 3.63) is 29.6 Å². The summed E-state index contributed by atoms with van der Waals surface area (Å²) in [5.74, 6) is -0.0746. The molecule has 0 saturated carbocycles. The first-order chi connectivity index (χ1) is 7.67. The Morgan fingerprint density at radius 1 is 1.62 bits per heavy atom. The molecule has 0 aliphatic carbocycles. The molecule has 4 nitrogen and oxygen atoms in total. The molecule has 1 aromatic rings. The first-order valence-corrected chi connectivity index (χ1v) is 5.61. The Labute approximate surface area is 96.3 Å². The van der Waals surface area contributed by atoms with E-state index in [0.717, 1.165) is 18.5 Å². The minimum Gasteiger partial charge on any atom is -0.348 e. The number of carbonyl (C=O) groups is 1. The number of aryl methyl sites for hydroxylation is 1. The first-order valence-electron chi connectivity index (χ1n) is 5.61. The largest absolute Gasteiger partial charge is 0.348 e. The second-order valence-corrected chi connectivity index (χ2v) is 3.88. The monoisotopic (exact) mass is 221 g/mol. The summed E-state index contributed by atoms with van der Waals surface area (Å²) in [4.78, 5) is 15.9. The van der Waals surface area contributed by atoms with Gasteiger partial charge in [-0.2, -0.15) is 0 Å². The van der Waals surface area contributed by atoms with Gasteiger partial charge >= 0.3 is 0 Å². The van der Waals surface area contributed by atoms with E-state index >= 15 is 0 Å². The summed E-state index contributed by atoms with van der Waals surface area (Å²) in [6, 6.07) is 3.54.